The number of aliphatic hydroxyl groups is 1. The first-order chi connectivity index (χ1) is 8.58. The molecule has 2 rings (SSSR count). The quantitative estimate of drug-likeness (QED) is 0.840. The molecule has 0 saturated heterocycles. The van der Waals surface area contributed by atoms with Crippen molar-refractivity contribution in [2.24, 2.45) is 0 Å². The van der Waals surface area contributed by atoms with Crippen molar-refractivity contribution in [1.82, 2.24) is 0 Å². The van der Waals surface area contributed by atoms with Crippen molar-refractivity contribution >= 4 is 27.5 Å². The first-order valence-electron chi connectivity index (χ1n) is 5.37. The van der Waals surface area contributed by atoms with Crippen molar-refractivity contribution < 1.29 is 9.50 Å². The van der Waals surface area contributed by atoms with Crippen LogP contribution in [0.25, 0.3) is 0 Å². The summed E-state index contributed by atoms with van der Waals surface area (Å²) in [6.07, 6.45) is 0. The third-order valence-corrected chi connectivity index (χ3v) is 3.98. The molecular weight excluding hydrogens is 319 g/mol. The summed E-state index contributed by atoms with van der Waals surface area (Å²) in [6.45, 7) is 0. The van der Waals surface area contributed by atoms with Crippen molar-refractivity contribution in [3.8, 4) is 0 Å². The third kappa shape index (κ3) is 2.44. The Hall–Kier alpha value is -0.900. The second kappa shape index (κ2) is 5.39. The normalized spacial score (nSPS) is 14.2. The van der Waals surface area contributed by atoms with Crippen molar-refractivity contribution in [3.05, 3.63) is 70.5 Å². The molecule has 0 aromatic heterocycles. The van der Waals surface area contributed by atoms with Crippen LogP contribution in [0.1, 0.15) is 11.1 Å². The van der Waals surface area contributed by atoms with Gasteiger partial charge in [-0.3, -0.25) is 0 Å². The molecule has 0 bridgehead atoms. The van der Waals surface area contributed by atoms with Gasteiger partial charge in [0, 0.05) is 15.9 Å². The first-order valence-corrected chi connectivity index (χ1v) is 6.87. The molecule has 0 amide bonds. The van der Waals surface area contributed by atoms with Crippen LogP contribution in [0.15, 0.2) is 48.5 Å². The summed E-state index contributed by atoms with van der Waals surface area (Å²) >= 11 is 9.41. The Morgan fingerprint density at radius 1 is 1.11 bits per heavy atom. The van der Waals surface area contributed by atoms with Gasteiger partial charge in [0.2, 0.25) is 0 Å². The fourth-order valence-corrected chi connectivity index (χ4v) is 2.74. The van der Waals surface area contributed by atoms with Gasteiger partial charge in [-0.1, -0.05) is 57.9 Å². The highest BCUT2D eigenvalue weighted by Crippen LogP contribution is 2.35. The molecule has 18 heavy (non-hydrogen) atoms. The molecule has 0 fully saturated rings. The maximum atomic E-state index is 12.9. The van der Waals surface area contributed by atoms with Crippen LogP contribution in [0.2, 0.25) is 5.02 Å². The minimum atomic E-state index is -1.27. The van der Waals surface area contributed by atoms with Gasteiger partial charge >= 0.3 is 0 Å². The molecule has 0 saturated carbocycles. The van der Waals surface area contributed by atoms with Crippen LogP contribution >= 0.6 is 27.5 Å². The van der Waals surface area contributed by atoms with Gasteiger partial charge in [-0.2, -0.15) is 0 Å². The van der Waals surface area contributed by atoms with Crippen LogP contribution in [0, 0.1) is 5.82 Å². The van der Waals surface area contributed by atoms with Gasteiger partial charge in [0.1, 0.15) is 11.4 Å². The Balaban J connectivity index is 2.55. The van der Waals surface area contributed by atoms with Gasteiger partial charge < -0.3 is 5.11 Å². The first kappa shape index (κ1) is 13.5. The van der Waals surface area contributed by atoms with Crippen molar-refractivity contribution in [1.29, 1.82) is 0 Å². The van der Waals surface area contributed by atoms with E-state index in [9.17, 15) is 9.50 Å². The van der Waals surface area contributed by atoms with Crippen LogP contribution in [0.5, 0.6) is 0 Å². The molecule has 2 aromatic carbocycles. The van der Waals surface area contributed by atoms with E-state index >= 15 is 0 Å². The number of rotatable bonds is 3. The number of halogens is 3. The molecule has 0 heterocycles. The van der Waals surface area contributed by atoms with Gasteiger partial charge in [-0.25, -0.2) is 4.39 Å². The SMILES string of the molecule is OC(CBr)(c1ccc(F)cc1)c1ccccc1Cl. The van der Waals surface area contributed by atoms with E-state index in [4.69, 9.17) is 11.6 Å². The zero-order chi connectivity index (χ0) is 13.2. The molecule has 94 valence electrons. The lowest BCUT2D eigenvalue weighted by molar-refractivity contribution is 0.109. The molecule has 0 aliphatic heterocycles. The van der Waals surface area contributed by atoms with Crippen LogP contribution in [-0.4, -0.2) is 10.4 Å². The average molecular weight is 330 g/mol. The van der Waals surface area contributed by atoms with E-state index in [0.29, 0.717) is 16.1 Å². The molecule has 0 spiro atoms. The summed E-state index contributed by atoms with van der Waals surface area (Å²) in [7, 11) is 0. The highest BCUT2D eigenvalue weighted by Gasteiger charge is 2.32. The maximum Gasteiger partial charge on any atom is 0.126 e. The Morgan fingerprint density at radius 2 is 1.72 bits per heavy atom. The lowest BCUT2D eigenvalue weighted by atomic mass is 9.88. The van der Waals surface area contributed by atoms with E-state index in [0.717, 1.165) is 0 Å². The summed E-state index contributed by atoms with van der Waals surface area (Å²) < 4.78 is 12.9. The molecular formula is C14H11BrClFO. The van der Waals surface area contributed by atoms with Crippen molar-refractivity contribution in [3.63, 3.8) is 0 Å². The highest BCUT2D eigenvalue weighted by molar-refractivity contribution is 9.09. The van der Waals surface area contributed by atoms with Crippen LogP contribution in [0.4, 0.5) is 4.39 Å². The fourth-order valence-electron chi connectivity index (χ4n) is 1.83. The van der Waals surface area contributed by atoms with E-state index in [1.165, 1.54) is 12.1 Å². The lowest BCUT2D eigenvalue weighted by Gasteiger charge is -2.28. The van der Waals surface area contributed by atoms with Crippen molar-refractivity contribution in [2.75, 3.05) is 5.33 Å². The molecule has 2 aromatic rings. The van der Waals surface area contributed by atoms with E-state index < -0.39 is 5.60 Å². The standard InChI is InChI=1S/C14H11BrClFO/c15-9-14(18,10-5-7-11(17)8-6-10)12-3-1-2-4-13(12)16/h1-8,18H,9H2. The second-order valence-corrected chi connectivity index (χ2v) is 4.95. The molecule has 0 radical (unpaired) electrons. The van der Waals surface area contributed by atoms with E-state index in [2.05, 4.69) is 15.9 Å². The highest BCUT2D eigenvalue weighted by atomic mass is 79.9. The Labute approximate surface area is 118 Å². The number of alkyl halides is 1. The molecule has 4 heteroatoms. The Bertz CT molecular complexity index is 544. The van der Waals surface area contributed by atoms with Crippen LogP contribution in [0.3, 0.4) is 0 Å². The minimum absolute atomic E-state index is 0.273. The van der Waals surface area contributed by atoms with Crippen LogP contribution in [-0.2, 0) is 5.60 Å². The monoisotopic (exact) mass is 328 g/mol. The summed E-state index contributed by atoms with van der Waals surface area (Å²) in [5.41, 5.74) is -0.0875. The third-order valence-electron chi connectivity index (χ3n) is 2.83. The molecule has 0 aliphatic carbocycles. The van der Waals surface area contributed by atoms with Crippen LogP contribution < -0.4 is 0 Å². The maximum absolute atomic E-state index is 12.9. The van der Waals surface area contributed by atoms with Gasteiger partial charge in [-0.05, 0) is 23.8 Å². The number of benzene rings is 2. The molecule has 1 nitrogen and oxygen atoms in total. The zero-order valence-electron chi connectivity index (χ0n) is 9.41. The molecule has 1 unspecified atom stereocenters. The lowest BCUT2D eigenvalue weighted by Crippen LogP contribution is -2.29. The average Bonchev–Trinajstić information content (AvgIpc) is 2.39. The number of hydrogen-bond acceptors (Lipinski definition) is 1. The fraction of sp³-hybridized carbons (Fsp3) is 0.143. The molecule has 1 atom stereocenters. The second-order valence-electron chi connectivity index (χ2n) is 3.98. The van der Waals surface area contributed by atoms with Gasteiger partial charge in [-0.15, -0.1) is 0 Å². The Kier molecular flexibility index (Phi) is 4.05. The van der Waals surface area contributed by atoms with E-state index in [-0.39, 0.29) is 11.1 Å². The predicted molar refractivity (Wildman–Crippen MR) is 74.6 cm³/mol. The van der Waals surface area contributed by atoms with Gasteiger partial charge in [0.25, 0.3) is 0 Å². The van der Waals surface area contributed by atoms with Gasteiger partial charge in [0.05, 0.1) is 0 Å². The predicted octanol–water partition coefficient (Wildman–Crippen LogP) is 4.11. The number of hydrogen-bond donors (Lipinski definition) is 1. The van der Waals surface area contributed by atoms with E-state index in [1.54, 1.807) is 36.4 Å². The summed E-state index contributed by atoms with van der Waals surface area (Å²) in [6, 6.07) is 12.8. The molecule has 0 aliphatic rings. The van der Waals surface area contributed by atoms with E-state index in [1.807, 2.05) is 0 Å². The summed E-state index contributed by atoms with van der Waals surface area (Å²) in [5, 5.41) is 11.5. The minimum Gasteiger partial charge on any atom is -0.379 e. The zero-order valence-corrected chi connectivity index (χ0v) is 11.7. The van der Waals surface area contributed by atoms with Gasteiger partial charge in [0.15, 0.2) is 0 Å². The largest absolute Gasteiger partial charge is 0.379 e. The topological polar surface area (TPSA) is 20.2 Å². The summed E-state index contributed by atoms with van der Waals surface area (Å²) in [5.74, 6) is -0.338. The molecule has 1 N–H and O–H groups in total. The Morgan fingerprint density at radius 3 is 2.28 bits per heavy atom. The summed E-state index contributed by atoms with van der Waals surface area (Å²) in [4.78, 5) is 0. The smallest absolute Gasteiger partial charge is 0.126 e. The van der Waals surface area contributed by atoms with Crippen molar-refractivity contribution in [2.45, 2.75) is 5.60 Å².